The molecule has 20 heavy (non-hydrogen) atoms. The van der Waals surface area contributed by atoms with E-state index in [0.29, 0.717) is 11.4 Å². The van der Waals surface area contributed by atoms with Gasteiger partial charge in [-0.05, 0) is 24.3 Å². The molecule has 3 N–H and O–H groups in total. The maximum Gasteiger partial charge on any atom is 0.251 e. The maximum absolute atomic E-state index is 12.0. The number of nitrogens with zero attached hydrogens (tertiary/aromatic N) is 1. The van der Waals surface area contributed by atoms with Crippen molar-refractivity contribution in [3.05, 3.63) is 48.0 Å². The molecule has 0 saturated carbocycles. The zero-order valence-corrected chi connectivity index (χ0v) is 11.6. The van der Waals surface area contributed by atoms with Crippen LogP contribution in [0.2, 0.25) is 0 Å². The van der Waals surface area contributed by atoms with Crippen LogP contribution in [-0.4, -0.2) is 31.3 Å². The molecule has 1 aromatic heterocycles. The summed E-state index contributed by atoms with van der Waals surface area (Å²) in [6.07, 6.45) is 3.16. The van der Waals surface area contributed by atoms with E-state index >= 15 is 0 Å². The molecule has 0 saturated heterocycles. The summed E-state index contributed by atoms with van der Waals surface area (Å²) in [6.45, 7) is 0.0759. The predicted molar refractivity (Wildman–Crippen MR) is 72.4 cm³/mol. The highest BCUT2D eigenvalue weighted by Gasteiger charge is 2.14. The fraction of sp³-hybridized carbons (Fsp3) is 0.167. The van der Waals surface area contributed by atoms with Gasteiger partial charge in [0.05, 0.1) is 11.4 Å². The molecule has 1 heterocycles. The van der Waals surface area contributed by atoms with Gasteiger partial charge in [-0.2, -0.15) is 0 Å². The van der Waals surface area contributed by atoms with Crippen LogP contribution < -0.4 is 10.0 Å². The largest absolute Gasteiger partial charge is 0.355 e. The molecule has 0 fully saturated rings. The Hall–Kier alpha value is -2.19. The molecule has 0 radical (unpaired) electrons. The molecule has 0 aliphatic carbocycles. The molecule has 0 aliphatic heterocycles. The SMILES string of the molecule is CNC(=O)c1ccc(S(=O)(=O)NCc2ncc[nH]2)cc1. The third-order valence-electron chi connectivity index (χ3n) is 2.64. The summed E-state index contributed by atoms with van der Waals surface area (Å²) in [6, 6.07) is 5.69. The Morgan fingerprint density at radius 2 is 2.00 bits per heavy atom. The van der Waals surface area contributed by atoms with Gasteiger partial charge in [-0.1, -0.05) is 0 Å². The minimum atomic E-state index is -3.63. The molecule has 0 aliphatic rings. The highest BCUT2D eigenvalue weighted by molar-refractivity contribution is 7.89. The standard InChI is InChI=1S/C12H14N4O3S/c1-13-12(17)9-2-4-10(5-3-9)20(18,19)16-8-11-14-6-7-15-11/h2-7,16H,8H2,1H3,(H,13,17)(H,14,15). The van der Waals surface area contributed by atoms with Crippen LogP contribution >= 0.6 is 0 Å². The monoisotopic (exact) mass is 294 g/mol. The molecule has 2 aromatic rings. The van der Waals surface area contributed by atoms with Crippen molar-refractivity contribution in [2.45, 2.75) is 11.4 Å². The van der Waals surface area contributed by atoms with Gasteiger partial charge >= 0.3 is 0 Å². The summed E-state index contributed by atoms with van der Waals surface area (Å²) in [7, 11) is -2.12. The minimum absolute atomic E-state index is 0.0759. The van der Waals surface area contributed by atoms with Gasteiger partial charge in [-0.15, -0.1) is 0 Å². The third kappa shape index (κ3) is 3.22. The first-order valence-electron chi connectivity index (χ1n) is 5.83. The van der Waals surface area contributed by atoms with E-state index in [0.717, 1.165) is 0 Å². The van der Waals surface area contributed by atoms with Gasteiger partial charge in [0.25, 0.3) is 5.91 Å². The summed E-state index contributed by atoms with van der Waals surface area (Å²) in [4.78, 5) is 18.2. The summed E-state index contributed by atoms with van der Waals surface area (Å²) in [5.74, 6) is 0.257. The van der Waals surface area contributed by atoms with E-state index in [1.165, 1.54) is 31.3 Å². The summed E-state index contributed by atoms with van der Waals surface area (Å²) in [5.41, 5.74) is 0.400. The first kappa shape index (κ1) is 14.2. The van der Waals surface area contributed by atoms with Crippen LogP contribution in [0.5, 0.6) is 0 Å². The summed E-state index contributed by atoms with van der Waals surface area (Å²) in [5, 5.41) is 2.47. The Morgan fingerprint density at radius 1 is 1.30 bits per heavy atom. The van der Waals surface area contributed by atoms with Crippen LogP contribution in [-0.2, 0) is 16.6 Å². The number of sulfonamides is 1. The van der Waals surface area contributed by atoms with E-state index in [-0.39, 0.29) is 17.3 Å². The highest BCUT2D eigenvalue weighted by atomic mass is 32.2. The average molecular weight is 294 g/mol. The van der Waals surface area contributed by atoms with Crippen molar-refractivity contribution in [2.24, 2.45) is 0 Å². The molecule has 0 bridgehead atoms. The number of aromatic amines is 1. The van der Waals surface area contributed by atoms with Crippen molar-refractivity contribution < 1.29 is 13.2 Å². The van der Waals surface area contributed by atoms with Crippen LogP contribution in [0.25, 0.3) is 0 Å². The van der Waals surface area contributed by atoms with Gasteiger partial charge in [0.1, 0.15) is 5.82 Å². The Labute approximate surface area is 116 Å². The number of amides is 1. The van der Waals surface area contributed by atoms with Gasteiger partial charge in [-0.25, -0.2) is 18.1 Å². The van der Waals surface area contributed by atoms with E-state index in [1.54, 1.807) is 12.4 Å². The number of rotatable bonds is 5. The fourth-order valence-electron chi connectivity index (χ4n) is 1.57. The molecule has 0 unspecified atom stereocenters. The highest BCUT2D eigenvalue weighted by Crippen LogP contribution is 2.10. The van der Waals surface area contributed by atoms with E-state index in [4.69, 9.17) is 0 Å². The van der Waals surface area contributed by atoms with E-state index in [2.05, 4.69) is 20.0 Å². The number of imidazole rings is 1. The first-order chi connectivity index (χ1) is 9.53. The molecule has 0 spiro atoms. The van der Waals surface area contributed by atoms with Crippen LogP contribution in [0.4, 0.5) is 0 Å². The summed E-state index contributed by atoms with van der Waals surface area (Å²) >= 11 is 0. The Bertz CT molecular complexity index is 678. The van der Waals surface area contributed by atoms with Crippen molar-refractivity contribution in [3.63, 3.8) is 0 Å². The van der Waals surface area contributed by atoms with Crippen LogP contribution in [0.3, 0.4) is 0 Å². The number of carbonyl (C=O) groups is 1. The normalized spacial score (nSPS) is 11.2. The van der Waals surface area contributed by atoms with Crippen molar-refractivity contribution in [2.75, 3.05) is 7.05 Å². The third-order valence-corrected chi connectivity index (χ3v) is 4.06. The van der Waals surface area contributed by atoms with Gasteiger partial charge in [-0.3, -0.25) is 4.79 Å². The van der Waals surface area contributed by atoms with Crippen LogP contribution in [0, 0.1) is 0 Å². The zero-order chi connectivity index (χ0) is 14.6. The van der Waals surface area contributed by atoms with Gasteiger partial charge in [0.15, 0.2) is 0 Å². The Kier molecular flexibility index (Phi) is 4.16. The fourth-order valence-corrected chi connectivity index (χ4v) is 2.56. The molecule has 8 heteroatoms. The second kappa shape index (κ2) is 5.85. The van der Waals surface area contributed by atoms with Crippen molar-refractivity contribution in [1.29, 1.82) is 0 Å². The molecular formula is C12H14N4O3S. The van der Waals surface area contributed by atoms with Crippen molar-refractivity contribution >= 4 is 15.9 Å². The first-order valence-corrected chi connectivity index (χ1v) is 7.31. The molecule has 1 aromatic carbocycles. The molecule has 0 atom stereocenters. The lowest BCUT2D eigenvalue weighted by Gasteiger charge is -2.06. The number of hydrogen-bond acceptors (Lipinski definition) is 4. The number of benzene rings is 1. The number of nitrogens with one attached hydrogen (secondary N) is 3. The van der Waals surface area contributed by atoms with E-state index in [9.17, 15) is 13.2 Å². The van der Waals surface area contributed by atoms with Gasteiger partial charge < -0.3 is 10.3 Å². The van der Waals surface area contributed by atoms with Crippen LogP contribution in [0.15, 0.2) is 41.6 Å². The number of hydrogen-bond donors (Lipinski definition) is 3. The second-order valence-electron chi connectivity index (χ2n) is 3.96. The Morgan fingerprint density at radius 3 is 2.55 bits per heavy atom. The minimum Gasteiger partial charge on any atom is -0.355 e. The van der Waals surface area contributed by atoms with Gasteiger partial charge in [0.2, 0.25) is 10.0 Å². The van der Waals surface area contributed by atoms with Crippen LogP contribution in [0.1, 0.15) is 16.2 Å². The van der Waals surface area contributed by atoms with E-state index in [1.807, 2.05) is 0 Å². The maximum atomic E-state index is 12.0. The molecular weight excluding hydrogens is 280 g/mol. The summed E-state index contributed by atoms with van der Waals surface area (Å²) < 4.78 is 26.5. The molecule has 106 valence electrons. The Balaban J connectivity index is 2.11. The second-order valence-corrected chi connectivity index (χ2v) is 5.73. The average Bonchev–Trinajstić information content (AvgIpc) is 2.98. The lowest BCUT2D eigenvalue weighted by molar-refractivity contribution is 0.0963. The number of H-pyrrole nitrogens is 1. The topological polar surface area (TPSA) is 104 Å². The number of aromatic nitrogens is 2. The molecule has 7 nitrogen and oxygen atoms in total. The zero-order valence-electron chi connectivity index (χ0n) is 10.8. The smallest absolute Gasteiger partial charge is 0.251 e. The molecule has 1 amide bonds. The quantitative estimate of drug-likeness (QED) is 0.735. The lowest BCUT2D eigenvalue weighted by atomic mass is 10.2. The number of carbonyl (C=O) groups excluding carboxylic acids is 1. The molecule has 2 rings (SSSR count). The predicted octanol–water partition coefficient (Wildman–Crippen LogP) is 0.248. The lowest BCUT2D eigenvalue weighted by Crippen LogP contribution is -2.24. The van der Waals surface area contributed by atoms with Gasteiger partial charge in [0, 0.05) is 25.0 Å². The van der Waals surface area contributed by atoms with E-state index < -0.39 is 10.0 Å². The van der Waals surface area contributed by atoms with Crippen molar-refractivity contribution in [1.82, 2.24) is 20.0 Å². The van der Waals surface area contributed by atoms with Crippen molar-refractivity contribution in [3.8, 4) is 0 Å².